The van der Waals surface area contributed by atoms with Crippen LogP contribution in [0.15, 0.2) is 24.3 Å². The molecule has 82 valence electrons. The van der Waals surface area contributed by atoms with Crippen molar-refractivity contribution in [2.24, 2.45) is 5.41 Å². The molecule has 0 saturated heterocycles. The minimum Gasteiger partial charge on any atom is -0.316 e. The molecule has 0 aliphatic heterocycles. The van der Waals surface area contributed by atoms with E-state index in [2.05, 4.69) is 24.4 Å². The van der Waals surface area contributed by atoms with Crippen LogP contribution in [-0.4, -0.2) is 13.1 Å². The van der Waals surface area contributed by atoms with Gasteiger partial charge in [-0.1, -0.05) is 36.7 Å². The van der Waals surface area contributed by atoms with E-state index in [0.717, 1.165) is 11.4 Å². The molecule has 0 spiro atoms. The van der Waals surface area contributed by atoms with Crippen LogP contribution in [0.1, 0.15) is 25.3 Å². The van der Waals surface area contributed by atoms with Crippen molar-refractivity contribution < 1.29 is 0 Å². The van der Waals surface area contributed by atoms with Gasteiger partial charge in [0.1, 0.15) is 0 Å². The van der Waals surface area contributed by atoms with E-state index in [1.165, 1.54) is 18.4 Å². The summed E-state index contributed by atoms with van der Waals surface area (Å²) in [4.78, 5) is 0. The third-order valence-corrected chi connectivity index (χ3v) is 3.98. The van der Waals surface area contributed by atoms with Crippen molar-refractivity contribution in [1.29, 1.82) is 0 Å². The largest absolute Gasteiger partial charge is 0.316 e. The SMILES string of the molecule is CNC(Cc1ccccc1Cl)C1(C)CC1. The number of benzene rings is 1. The van der Waals surface area contributed by atoms with E-state index in [-0.39, 0.29) is 0 Å². The first-order valence-corrected chi connectivity index (χ1v) is 5.94. The van der Waals surface area contributed by atoms with E-state index in [0.29, 0.717) is 11.5 Å². The van der Waals surface area contributed by atoms with Gasteiger partial charge < -0.3 is 5.32 Å². The van der Waals surface area contributed by atoms with Crippen molar-refractivity contribution in [3.8, 4) is 0 Å². The molecule has 2 rings (SSSR count). The first kappa shape index (κ1) is 11.0. The predicted molar refractivity (Wildman–Crippen MR) is 65.3 cm³/mol. The molecular weight excluding hydrogens is 206 g/mol. The number of halogens is 1. The normalized spacial score (nSPS) is 19.9. The molecule has 1 fully saturated rings. The predicted octanol–water partition coefficient (Wildman–Crippen LogP) is 3.27. The van der Waals surface area contributed by atoms with E-state index < -0.39 is 0 Å². The molecule has 1 atom stereocenters. The molecule has 15 heavy (non-hydrogen) atoms. The maximum Gasteiger partial charge on any atom is 0.0438 e. The van der Waals surface area contributed by atoms with Gasteiger partial charge in [-0.15, -0.1) is 0 Å². The second kappa shape index (κ2) is 4.15. The topological polar surface area (TPSA) is 12.0 Å². The number of rotatable bonds is 4. The average molecular weight is 224 g/mol. The van der Waals surface area contributed by atoms with E-state index in [1.807, 2.05) is 19.2 Å². The summed E-state index contributed by atoms with van der Waals surface area (Å²) in [5, 5.41) is 4.31. The van der Waals surface area contributed by atoms with Crippen LogP contribution < -0.4 is 5.32 Å². The zero-order valence-electron chi connectivity index (χ0n) is 9.39. The Labute approximate surface area is 96.8 Å². The molecular formula is C13H18ClN. The third-order valence-electron chi connectivity index (χ3n) is 3.61. The lowest BCUT2D eigenvalue weighted by atomic mass is 9.92. The second-order valence-corrected chi connectivity index (χ2v) is 5.20. The van der Waals surface area contributed by atoms with Crippen molar-refractivity contribution >= 4 is 11.6 Å². The molecule has 0 heterocycles. The maximum absolute atomic E-state index is 6.17. The first-order chi connectivity index (χ1) is 7.15. The van der Waals surface area contributed by atoms with E-state index >= 15 is 0 Å². The molecule has 0 bridgehead atoms. The minimum absolute atomic E-state index is 0.494. The van der Waals surface area contributed by atoms with Crippen LogP contribution in [-0.2, 0) is 6.42 Å². The van der Waals surface area contributed by atoms with Gasteiger partial charge in [0, 0.05) is 11.1 Å². The fourth-order valence-corrected chi connectivity index (χ4v) is 2.34. The number of likely N-dealkylation sites (N-methyl/N-ethyl adjacent to an activating group) is 1. The Balaban J connectivity index is 2.10. The first-order valence-electron chi connectivity index (χ1n) is 5.56. The van der Waals surface area contributed by atoms with Crippen molar-refractivity contribution in [3.63, 3.8) is 0 Å². The fourth-order valence-electron chi connectivity index (χ4n) is 2.13. The van der Waals surface area contributed by atoms with Crippen molar-refractivity contribution in [2.45, 2.75) is 32.2 Å². The zero-order chi connectivity index (χ0) is 10.9. The Morgan fingerprint density at radius 2 is 2.07 bits per heavy atom. The van der Waals surface area contributed by atoms with E-state index in [4.69, 9.17) is 11.6 Å². The highest BCUT2D eigenvalue weighted by Gasteiger charge is 2.43. The standard InChI is InChI=1S/C13H18ClN/c1-13(7-8-13)12(15-2)9-10-5-3-4-6-11(10)14/h3-6,12,15H,7-9H2,1-2H3. The molecule has 2 heteroatoms. The lowest BCUT2D eigenvalue weighted by Crippen LogP contribution is -2.35. The summed E-state index contributed by atoms with van der Waals surface area (Å²) in [6, 6.07) is 8.69. The molecule has 1 aliphatic carbocycles. The van der Waals surface area contributed by atoms with Gasteiger partial charge in [0.15, 0.2) is 0 Å². The minimum atomic E-state index is 0.494. The summed E-state index contributed by atoms with van der Waals surface area (Å²) in [5.74, 6) is 0. The lowest BCUT2D eigenvalue weighted by molar-refractivity contribution is 0.376. The molecule has 0 aromatic heterocycles. The monoisotopic (exact) mass is 223 g/mol. The molecule has 1 aromatic rings. The van der Waals surface area contributed by atoms with Crippen molar-refractivity contribution in [2.75, 3.05) is 7.05 Å². The third kappa shape index (κ3) is 2.35. The van der Waals surface area contributed by atoms with Gasteiger partial charge in [0.25, 0.3) is 0 Å². The van der Waals surface area contributed by atoms with Gasteiger partial charge in [-0.25, -0.2) is 0 Å². The highest BCUT2D eigenvalue weighted by atomic mass is 35.5. The molecule has 1 nitrogen and oxygen atoms in total. The number of hydrogen-bond acceptors (Lipinski definition) is 1. The van der Waals surface area contributed by atoms with Crippen LogP contribution in [0, 0.1) is 5.41 Å². The molecule has 0 amide bonds. The van der Waals surface area contributed by atoms with Gasteiger partial charge >= 0.3 is 0 Å². The van der Waals surface area contributed by atoms with E-state index in [9.17, 15) is 0 Å². The molecule has 1 unspecified atom stereocenters. The Morgan fingerprint density at radius 1 is 1.40 bits per heavy atom. The summed E-state index contributed by atoms with van der Waals surface area (Å²) in [6.07, 6.45) is 3.71. The number of nitrogens with one attached hydrogen (secondary N) is 1. The lowest BCUT2D eigenvalue weighted by Gasteiger charge is -2.23. The van der Waals surface area contributed by atoms with Gasteiger partial charge in [0.05, 0.1) is 0 Å². The molecule has 1 saturated carbocycles. The van der Waals surface area contributed by atoms with Crippen LogP contribution in [0.25, 0.3) is 0 Å². The fraction of sp³-hybridized carbons (Fsp3) is 0.538. The number of hydrogen-bond donors (Lipinski definition) is 1. The summed E-state index contributed by atoms with van der Waals surface area (Å²) in [5.41, 5.74) is 1.75. The molecule has 1 aromatic carbocycles. The van der Waals surface area contributed by atoms with Crippen LogP contribution in [0.5, 0.6) is 0 Å². The van der Waals surface area contributed by atoms with E-state index in [1.54, 1.807) is 0 Å². The van der Waals surface area contributed by atoms with Crippen LogP contribution in [0.3, 0.4) is 0 Å². The van der Waals surface area contributed by atoms with Crippen molar-refractivity contribution in [1.82, 2.24) is 5.32 Å². The van der Waals surface area contributed by atoms with Crippen molar-refractivity contribution in [3.05, 3.63) is 34.9 Å². The average Bonchev–Trinajstić information content (AvgIpc) is 2.96. The Kier molecular flexibility index (Phi) is 3.03. The van der Waals surface area contributed by atoms with Crippen LogP contribution in [0.4, 0.5) is 0 Å². The summed E-state index contributed by atoms with van der Waals surface area (Å²) >= 11 is 6.17. The highest BCUT2D eigenvalue weighted by Crippen LogP contribution is 2.49. The second-order valence-electron chi connectivity index (χ2n) is 4.79. The summed E-state index contributed by atoms with van der Waals surface area (Å²) in [6.45, 7) is 2.35. The van der Waals surface area contributed by atoms with Crippen LogP contribution in [0.2, 0.25) is 5.02 Å². The summed E-state index contributed by atoms with van der Waals surface area (Å²) in [7, 11) is 2.05. The van der Waals surface area contributed by atoms with Gasteiger partial charge in [-0.3, -0.25) is 0 Å². The Hall–Kier alpha value is -0.530. The quantitative estimate of drug-likeness (QED) is 0.826. The Morgan fingerprint density at radius 3 is 2.60 bits per heavy atom. The van der Waals surface area contributed by atoms with Gasteiger partial charge in [-0.05, 0) is 43.4 Å². The van der Waals surface area contributed by atoms with Gasteiger partial charge in [0.2, 0.25) is 0 Å². The highest BCUT2D eigenvalue weighted by molar-refractivity contribution is 6.31. The molecule has 1 N–H and O–H groups in total. The Bertz CT molecular complexity index is 344. The smallest absolute Gasteiger partial charge is 0.0438 e. The van der Waals surface area contributed by atoms with Crippen LogP contribution >= 0.6 is 11.6 Å². The maximum atomic E-state index is 6.17. The molecule has 1 aliphatic rings. The van der Waals surface area contributed by atoms with Gasteiger partial charge in [-0.2, -0.15) is 0 Å². The summed E-state index contributed by atoms with van der Waals surface area (Å²) < 4.78 is 0. The zero-order valence-corrected chi connectivity index (χ0v) is 10.1. The molecule has 0 radical (unpaired) electrons.